The molecule has 4 aliphatic rings. The Morgan fingerprint density at radius 1 is 1.00 bits per heavy atom. The second-order valence-corrected chi connectivity index (χ2v) is 10.1. The highest BCUT2D eigenvalue weighted by molar-refractivity contribution is 5.77. The maximum Gasteiger partial charge on any atom is 0.315 e. The normalized spacial score (nSPS) is 37.4. The van der Waals surface area contributed by atoms with Gasteiger partial charge in [0.25, 0.3) is 0 Å². The van der Waals surface area contributed by atoms with Crippen molar-refractivity contribution in [1.29, 1.82) is 0 Å². The van der Waals surface area contributed by atoms with E-state index >= 15 is 0 Å². The summed E-state index contributed by atoms with van der Waals surface area (Å²) in [5, 5.41) is 29.7. The van der Waals surface area contributed by atoms with Gasteiger partial charge in [-0.25, -0.2) is 9.18 Å². The molecule has 4 fully saturated rings. The van der Waals surface area contributed by atoms with E-state index in [9.17, 15) is 24.2 Å². The number of nitrogens with zero attached hydrogens (tertiary/aromatic N) is 2. The number of nitrogens with one attached hydrogen (secondary N) is 3. The van der Waals surface area contributed by atoms with Crippen molar-refractivity contribution in [3.8, 4) is 0 Å². The molecule has 1 aliphatic carbocycles. The Balaban J connectivity index is 1.17. The number of amides is 3. The number of alkyl halides is 1. The van der Waals surface area contributed by atoms with Crippen molar-refractivity contribution in [3.63, 3.8) is 0 Å². The maximum absolute atomic E-state index is 13.5. The summed E-state index contributed by atoms with van der Waals surface area (Å²) < 4.78 is 19.3. The van der Waals surface area contributed by atoms with Gasteiger partial charge in [-0.2, -0.15) is 0 Å². The van der Waals surface area contributed by atoms with Gasteiger partial charge < -0.3 is 35.8 Å². The van der Waals surface area contributed by atoms with E-state index in [4.69, 9.17) is 4.74 Å². The smallest absolute Gasteiger partial charge is 0.315 e. The molecule has 0 bridgehead atoms. The molecule has 10 nitrogen and oxygen atoms in total. The summed E-state index contributed by atoms with van der Waals surface area (Å²) in [5.74, 6) is -0.100. The fourth-order valence-electron chi connectivity index (χ4n) is 5.58. The molecule has 5 N–H and O–H groups in total. The van der Waals surface area contributed by atoms with Crippen LogP contribution in [0.1, 0.15) is 51.4 Å². The first-order valence-electron chi connectivity index (χ1n) is 12.9. The molecule has 3 saturated heterocycles. The lowest BCUT2D eigenvalue weighted by Gasteiger charge is -2.41. The first kappa shape index (κ1) is 25.6. The lowest BCUT2D eigenvalue weighted by molar-refractivity contribution is -0.137. The molecule has 7 unspecified atom stereocenters. The zero-order valence-electron chi connectivity index (χ0n) is 19.8. The van der Waals surface area contributed by atoms with E-state index in [0.717, 1.165) is 38.9 Å². The van der Waals surface area contributed by atoms with Gasteiger partial charge in [0.1, 0.15) is 24.5 Å². The number of aliphatic hydroxyl groups excluding tert-OH is 2. The first-order chi connectivity index (χ1) is 16.4. The molecular formula is C23H40FN5O5. The molecule has 0 radical (unpaired) electrons. The van der Waals surface area contributed by atoms with Crippen LogP contribution in [0.5, 0.6) is 0 Å². The minimum atomic E-state index is -1.20. The van der Waals surface area contributed by atoms with Gasteiger partial charge in [0.15, 0.2) is 0 Å². The van der Waals surface area contributed by atoms with Gasteiger partial charge in [0.05, 0.1) is 18.7 Å². The fourth-order valence-corrected chi connectivity index (χ4v) is 5.58. The van der Waals surface area contributed by atoms with Gasteiger partial charge >= 0.3 is 6.03 Å². The predicted octanol–water partition coefficient (Wildman–Crippen LogP) is -0.311. The summed E-state index contributed by atoms with van der Waals surface area (Å²) in [6, 6.07) is -0.655. The molecular weight excluding hydrogens is 445 g/mol. The van der Waals surface area contributed by atoms with Crippen molar-refractivity contribution in [3.05, 3.63) is 0 Å². The minimum absolute atomic E-state index is 0.00636. The van der Waals surface area contributed by atoms with E-state index in [1.54, 1.807) is 4.90 Å². The highest BCUT2D eigenvalue weighted by Gasteiger charge is 2.44. The summed E-state index contributed by atoms with van der Waals surface area (Å²) in [7, 11) is 0. The fraction of sp³-hybridized carbons (Fsp3) is 0.913. The molecule has 3 heterocycles. The molecule has 194 valence electrons. The number of hydrogen-bond donors (Lipinski definition) is 5. The minimum Gasteiger partial charge on any atom is -0.388 e. The Hall–Kier alpha value is -1.53. The lowest BCUT2D eigenvalue weighted by atomic mass is 9.94. The molecule has 34 heavy (non-hydrogen) atoms. The lowest BCUT2D eigenvalue weighted by Crippen LogP contribution is -2.57. The number of halogens is 1. The van der Waals surface area contributed by atoms with Crippen LogP contribution in [0.3, 0.4) is 0 Å². The quantitative estimate of drug-likeness (QED) is 0.349. The standard InChI is InChI=1S/C23H40FN5O5/c24-15-4-3-5-16(12-15)27-23(33)26-14-18-22(32)21(31)17(34-18)13-20(30)29-10-8-28(9-11-29)19-6-1-2-7-25-19/h15-19,21-22,25,31-32H,1-14H2,(H2,26,27,33). The molecule has 11 heteroatoms. The van der Waals surface area contributed by atoms with Crippen LogP contribution in [-0.4, -0.2) is 114 Å². The number of aliphatic hydroxyl groups is 2. The van der Waals surface area contributed by atoms with Crippen LogP contribution < -0.4 is 16.0 Å². The molecule has 3 amide bonds. The van der Waals surface area contributed by atoms with Gasteiger partial charge in [-0.3, -0.25) is 9.69 Å². The van der Waals surface area contributed by atoms with E-state index in [0.29, 0.717) is 32.1 Å². The number of hydrogen-bond acceptors (Lipinski definition) is 7. The number of piperazine rings is 1. The van der Waals surface area contributed by atoms with Crippen LogP contribution in [0.15, 0.2) is 0 Å². The first-order valence-corrected chi connectivity index (χ1v) is 12.9. The summed E-state index contributed by atoms with van der Waals surface area (Å²) in [5.41, 5.74) is 0. The maximum atomic E-state index is 13.5. The van der Waals surface area contributed by atoms with E-state index in [-0.39, 0.29) is 24.9 Å². The monoisotopic (exact) mass is 485 g/mol. The van der Waals surface area contributed by atoms with E-state index in [1.807, 2.05) is 0 Å². The number of ether oxygens (including phenoxy) is 1. The Morgan fingerprint density at radius 3 is 2.47 bits per heavy atom. The second-order valence-electron chi connectivity index (χ2n) is 10.1. The zero-order chi connectivity index (χ0) is 24.1. The molecule has 0 aromatic carbocycles. The highest BCUT2D eigenvalue weighted by Crippen LogP contribution is 2.25. The molecule has 0 aromatic rings. The summed E-state index contributed by atoms with van der Waals surface area (Å²) >= 11 is 0. The summed E-state index contributed by atoms with van der Waals surface area (Å²) in [4.78, 5) is 29.2. The van der Waals surface area contributed by atoms with Crippen molar-refractivity contribution in [2.45, 2.75) is 94.2 Å². The Bertz CT molecular complexity index is 689. The Labute approximate surface area is 200 Å². The van der Waals surface area contributed by atoms with Crippen LogP contribution in [-0.2, 0) is 9.53 Å². The van der Waals surface area contributed by atoms with Crippen LogP contribution in [0, 0.1) is 0 Å². The highest BCUT2D eigenvalue weighted by atomic mass is 19.1. The van der Waals surface area contributed by atoms with E-state index in [2.05, 4.69) is 20.9 Å². The van der Waals surface area contributed by atoms with Crippen molar-refractivity contribution in [1.82, 2.24) is 25.8 Å². The SMILES string of the molecule is O=C(NCC1OC(CC(=O)N2CCN(C3CCCCN3)CC2)C(O)C1O)NC1CCCC(F)C1. The molecule has 0 spiro atoms. The topological polar surface area (TPSA) is 126 Å². The molecule has 4 rings (SSSR count). The Morgan fingerprint density at radius 2 is 1.76 bits per heavy atom. The van der Waals surface area contributed by atoms with Crippen LogP contribution in [0.25, 0.3) is 0 Å². The molecule has 1 saturated carbocycles. The number of carbonyl (C=O) groups is 2. The van der Waals surface area contributed by atoms with Crippen molar-refractivity contribution in [2.24, 2.45) is 0 Å². The zero-order valence-corrected chi connectivity index (χ0v) is 19.8. The van der Waals surface area contributed by atoms with E-state index in [1.165, 1.54) is 12.8 Å². The number of rotatable bonds is 6. The van der Waals surface area contributed by atoms with Gasteiger partial charge in [0.2, 0.25) is 5.91 Å². The van der Waals surface area contributed by atoms with Gasteiger partial charge in [0, 0.05) is 38.8 Å². The molecule has 3 aliphatic heterocycles. The number of piperidine rings is 1. The largest absolute Gasteiger partial charge is 0.388 e. The van der Waals surface area contributed by atoms with Gasteiger partial charge in [-0.1, -0.05) is 0 Å². The van der Waals surface area contributed by atoms with Gasteiger partial charge in [-0.15, -0.1) is 0 Å². The predicted molar refractivity (Wildman–Crippen MR) is 123 cm³/mol. The van der Waals surface area contributed by atoms with Crippen molar-refractivity contribution in [2.75, 3.05) is 39.3 Å². The summed E-state index contributed by atoms with van der Waals surface area (Å²) in [6.45, 7) is 3.92. The van der Waals surface area contributed by atoms with Gasteiger partial charge in [-0.05, 0) is 51.5 Å². The molecule has 0 aromatic heterocycles. The third kappa shape index (κ3) is 6.57. The third-order valence-corrected chi connectivity index (χ3v) is 7.64. The second kappa shape index (κ2) is 11.9. The molecule has 7 atom stereocenters. The Kier molecular flexibility index (Phi) is 8.97. The number of carbonyl (C=O) groups excluding carboxylic acids is 2. The average molecular weight is 486 g/mol. The number of urea groups is 1. The van der Waals surface area contributed by atoms with Crippen LogP contribution in [0.2, 0.25) is 0 Å². The van der Waals surface area contributed by atoms with Crippen LogP contribution >= 0.6 is 0 Å². The van der Waals surface area contributed by atoms with Crippen molar-refractivity contribution >= 4 is 11.9 Å². The van der Waals surface area contributed by atoms with E-state index < -0.39 is 36.6 Å². The van der Waals surface area contributed by atoms with Crippen LogP contribution in [0.4, 0.5) is 9.18 Å². The average Bonchev–Trinajstić information content (AvgIpc) is 3.11. The summed E-state index contributed by atoms with van der Waals surface area (Å²) in [6.07, 6.45) is 1.37. The van der Waals surface area contributed by atoms with Crippen molar-refractivity contribution < 1.29 is 28.9 Å². The third-order valence-electron chi connectivity index (χ3n) is 7.64.